The van der Waals surface area contributed by atoms with E-state index in [0.717, 1.165) is 26.2 Å². The van der Waals surface area contributed by atoms with E-state index in [1.807, 2.05) is 13.8 Å². The molecule has 1 fully saturated rings. The van der Waals surface area contributed by atoms with Crippen LogP contribution in [0.15, 0.2) is 0 Å². The Morgan fingerprint density at radius 3 is 2.39 bits per heavy atom. The van der Waals surface area contributed by atoms with Crippen LogP contribution in [0, 0.1) is 5.92 Å². The molecule has 0 aliphatic carbocycles. The lowest BCUT2D eigenvalue weighted by Gasteiger charge is -2.43. The molecule has 0 aromatic heterocycles. The molecule has 0 spiro atoms. The second-order valence-electron chi connectivity index (χ2n) is 6.06. The van der Waals surface area contributed by atoms with Crippen LogP contribution in [0.4, 0.5) is 0 Å². The summed E-state index contributed by atoms with van der Waals surface area (Å²) in [6.07, 6.45) is 2.47. The Morgan fingerprint density at radius 2 is 1.89 bits per heavy atom. The van der Waals surface area contributed by atoms with Crippen LogP contribution >= 0.6 is 0 Å². The summed E-state index contributed by atoms with van der Waals surface area (Å²) in [5.74, 6) is 0.548. The highest BCUT2D eigenvalue weighted by Crippen LogP contribution is 2.17. The van der Waals surface area contributed by atoms with E-state index >= 15 is 0 Å². The number of carbonyl (C=O) groups excluding carboxylic acids is 1. The molecule has 0 unspecified atom stereocenters. The third kappa shape index (κ3) is 4.06. The van der Waals surface area contributed by atoms with Gasteiger partial charge in [0.2, 0.25) is 0 Å². The lowest BCUT2D eigenvalue weighted by atomic mass is 9.97. The first-order valence-electron chi connectivity index (χ1n) is 7.49. The molecular weight excluding hydrogens is 224 g/mol. The monoisotopic (exact) mass is 254 g/mol. The molecule has 0 saturated carbocycles. The number of nitrogens with zero attached hydrogens (tertiary/aromatic N) is 2. The second-order valence-corrected chi connectivity index (χ2v) is 6.06. The van der Waals surface area contributed by atoms with Gasteiger partial charge in [-0.3, -0.25) is 9.69 Å². The van der Waals surface area contributed by atoms with E-state index in [1.54, 1.807) is 0 Å². The van der Waals surface area contributed by atoms with Crippen LogP contribution in [0.5, 0.6) is 0 Å². The van der Waals surface area contributed by atoms with E-state index in [2.05, 4.69) is 30.6 Å². The minimum absolute atomic E-state index is 0.107. The van der Waals surface area contributed by atoms with Gasteiger partial charge in [0.15, 0.2) is 5.78 Å². The number of unbranched alkanes of at least 4 members (excludes halogenated alkanes) is 1. The molecule has 1 aliphatic rings. The summed E-state index contributed by atoms with van der Waals surface area (Å²) in [5.41, 5.74) is 0. The number of hydrogen-bond donors (Lipinski definition) is 0. The van der Waals surface area contributed by atoms with Crippen LogP contribution in [0.2, 0.25) is 0 Å². The number of ketones is 1. The molecule has 0 aromatic carbocycles. The molecule has 0 aromatic rings. The Hall–Kier alpha value is -0.410. The molecule has 0 amide bonds. The summed E-state index contributed by atoms with van der Waals surface area (Å²) < 4.78 is 0. The quantitative estimate of drug-likeness (QED) is 0.727. The van der Waals surface area contributed by atoms with Crippen LogP contribution in [0.1, 0.15) is 47.5 Å². The summed E-state index contributed by atoms with van der Waals surface area (Å²) >= 11 is 0. The number of Topliss-reactive ketones (excluding diaryl/α,β-unsaturated/α-hetero) is 1. The maximum atomic E-state index is 12.4. The van der Waals surface area contributed by atoms with E-state index < -0.39 is 0 Å². The van der Waals surface area contributed by atoms with Crippen molar-refractivity contribution in [2.24, 2.45) is 5.92 Å². The molecule has 1 saturated heterocycles. The molecule has 0 radical (unpaired) electrons. The molecule has 0 N–H and O–H groups in total. The van der Waals surface area contributed by atoms with Crippen LogP contribution in [-0.4, -0.2) is 53.8 Å². The van der Waals surface area contributed by atoms with Gasteiger partial charge >= 0.3 is 0 Å². The fourth-order valence-electron chi connectivity index (χ4n) is 2.69. The minimum atomic E-state index is 0.107. The van der Waals surface area contributed by atoms with Gasteiger partial charge in [0.05, 0.1) is 6.04 Å². The largest absolute Gasteiger partial charge is 0.300 e. The number of rotatable bonds is 6. The highest BCUT2D eigenvalue weighted by molar-refractivity contribution is 5.86. The molecular formula is C15H30N2O. The smallest absolute Gasteiger partial charge is 0.153 e. The van der Waals surface area contributed by atoms with Crippen LogP contribution in [0.25, 0.3) is 0 Å². The van der Waals surface area contributed by atoms with E-state index in [1.165, 1.54) is 12.8 Å². The lowest BCUT2D eigenvalue weighted by molar-refractivity contribution is -0.130. The van der Waals surface area contributed by atoms with Crippen LogP contribution in [0.3, 0.4) is 0 Å². The first-order valence-corrected chi connectivity index (χ1v) is 7.49. The standard InChI is InChI=1S/C15H30N2O/c1-6-7-8-16-9-10-17(13(4)5)14(11-16)15(18)12(2)3/h12-14H,6-11H2,1-5H3/t14-/m0/s1. The molecule has 18 heavy (non-hydrogen) atoms. The molecule has 0 bridgehead atoms. The van der Waals surface area contributed by atoms with Gasteiger partial charge in [0, 0.05) is 31.6 Å². The molecule has 106 valence electrons. The molecule has 1 aliphatic heterocycles. The van der Waals surface area contributed by atoms with Gasteiger partial charge in [-0.15, -0.1) is 0 Å². The van der Waals surface area contributed by atoms with Gasteiger partial charge in [0.25, 0.3) is 0 Å². The molecule has 1 rings (SSSR count). The van der Waals surface area contributed by atoms with Crippen molar-refractivity contribution in [3.63, 3.8) is 0 Å². The zero-order valence-electron chi connectivity index (χ0n) is 12.8. The average Bonchev–Trinajstić information content (AvgIpc) is 2.34. The SMILES string of the molecule is CCCCN1CCN(C(C)C)[C@H](C(=O)C(C)C)C1. The lowest BCUT2D eigenvalue weighted by Crippen LogP contribution is -2.59. The Labute approximate surface area is 113 Å². The number of hydrogen-bond acceptors (Lipinski definition) is 3. The Bertz CT molecular complexity index is 263. The van der Waals surface area contributed by atoms with Crippen molar-refractivity contribution >= 4 is 5.78 Å². The fraction of sp³-hybridized carbons (Fsp3) is 0.933. The third-order valence-corrected chi connectivity index (χ3v) is 3.89. The fourth-order valence-corrected chi connectivity index (χ4v) is 2.69. The minimum Gasteiger partial charge on any atom is -0.300 e. The van der Waals surface area contributed by atoms with Gasteiger partial charge in [-0.1, -0.05) is 27.2 Å². The zero-order valence-corrected chi connectivity index (χ0v) is 12.8. The van der Waals surface area contributed by atoms with E-state index in [0.29, 0.717) is 11.8 Å². The topological polar surface area (TPSA) is 23.6 Å². The highest BCUT2D eigenvalue weighted by Gasteiger charge is 2.34. The van der Waals surface area contributed by atoms with Crippen molar-refractivity contribution in [3.8, 4) is 0 Å². The Morgan fingerprint density at radius 1 is 1.22 bits per heavy atom. The average molecular weight is 254 g/mol. The predicted octanol–water partition coefficient (Wildman–Crippen LogP) is 2.41. The molecule has 3 heteroatoms. The normalized spacial score (nSPS) is 22.9. The summed E-state index contributed by atoms with van der Waals surface area (Å²) in [6, 6.07) is 0.571. The van der Waals surface area contributed by atoms with Crippen molar-refractivity contribution in [3.05, 3.63) is 0 Å². The Kier molecular flexibility index (Phi) is 6.30. The van der Waals surface area contributed by atoms with Gasteiger partial charge in [-0.05, 0) is 26.8 Å². The number of piperazine rings is 1. The van der Waals surface area contributed by atoms with Gasteiger partial charge in [0.1, 0.15) is 0 Å². The zero-order chi connectivity index (χ0) is 13.7. The first-order chi connectivity index (χ1) is 8.47. The van der Waals surface area contributed by atoms with Crippen molar-refractivity contribution < 1.29 is 4.79 Å². The van der Waals surface area contributed by atoms with E-state index in [9.17, 15) is 4.79 Å². The summed E-state index contributed by atoms with van der Waals surface area (Å²) in [5, 5.41) is 0. The van der Waals surface area contributed by atoms with Crippen molar-refractivity contribution in [2.75, 3.05) is 26.2 Å². The summed E-state index contributed by atoms with van der Waals surface area (Å²) in [7, 11) is 0. The molecule has 1 heterocycles. The summed E-state index contributed by atoms with van der Waals surface area (Å²) in [4.78, 5) is 17.2. The van der Waals surface area contributed by atoms with Crippen LogP contribution in [-0.2, 0) is 4.79 Å². The van der Waals surface area contributed by atoms with Gasteiger partial charge < -0.3 is 4.90 Å². The highest BCUT2D eigenvalue weighted by atomic mass is 16.1. The number of carbonyl (C=O) groups is 1. The van der Waals surface area contributed by atoms with E-state index in [-0.39, 0.29) is 12.0 Å². The van der Waals surface area contributed by atoms with Crippen molar-refractivity contribution in [2.45, 2.75) is 59.5 Å². The summed E-state index contributed by atoms with van der Waals surface area (Å²) in [6.45, 7) is 14.9. The van der Waals surface area contributed by atoms with Crippen molar-refractivity contribution in [1.82, 2.24) is 9.80 Å². The first kappa shape index (κ1) is 15.6. The van der Waals surface area contributed by atoms with Gasteiger partial charge in [-0.25, -0.2) is 0 Å². The third-order valence-electron chi connectivity index (χ3n) is 3.89. The molecule has 1 atom stereocenters. The van der Waals surface area contributed by atoms with Crippen LogP contribution < -0.4 is 0 Å². The second kappa shape index (κ2) is 7.25. The van der Waals surface area contributed by atoms with E-state index in [4.69, 9.17) is 0 Å². The predicted molar refractivity (Wildman–Crippen MR) is 76.8 cm³/mol. The maximum absolute atomic E-state index is 12.4. The maximum Gasteiger partial charge on any atom is 0.153 e. The van der Waals surface area contributed by atoms with Crippen molar-refractivity contribution in [1.29, 1.82) is 0 Å². The molecule has 3 nitrogen and oxygen atoms in total. The Balaban J connectivity index is 2.67. The van der Waals surface area contributed by atoms with Gasteiger partial charge in [-0.2, -0.15) is 0 Å².